The summed E-state index contributed by atoms with van der Waals surface area (Å²) in [5, 5.41) is 3.34. The second-order valence-corrected chi connectivity index (χ2v) is 7.60. The molecule has 1 amide bonds. The third kappa shape index (κ3) is 3.03. The van der Waals surface area contributed by atoms with Crippen molar-refractivity contribution in [2.45, 2.75) is 38.8 Å². The third-order valence-corrected chi connectivity index (χ3v) is 5.87. The Morgan fingerprint density at radius 2 is 1.85 bits per heavy atom. The van der Waals surface area contributed by atoms with E-state index in [4.69, 9.17) is 0 Å². The van der Waals surface area contributed by atoms with Crippen molar-refractivity contribution in [2.24, 2.45) is 5.92 Å². The van der Waals surface area contributed by atoms with Crippen LogP contribution in [0.3, 0.4) is 0 Å². The van der Waals surface area contributed by atoms with Crippen molar-refractivity contribution >= 4 is 23.2 Å². The van der Waals surface area contributed by atoms with Crippen molar-refractivity contribution in [3.63, 3.8) is 0 Å². The molecule has 1 aromatic rings. The highest BCUT2D eigenvalue weighted by Crippen LogP contribution is 2.32. The van der Waals surface area contributed by atoms with E-state index in [1.165, 1.54) is 0 Å². The molecule has 0 aromatic heterocycles. The van der Waals surface area contributed by atoms with Gasteiger partial charge in [-0.25, -0.2) is 0 Å². The lowest BCUT2D eigenvalue weighted by Gasteiger charge is -2.29. The zero-order valence-corrected chi connectivity index (χ0v) is 15.2. The van der Waals surface area contributed by atoms with Crippen molar-refractivity contribution in [3.8, 4) is 0 Å². The van der Waals surface area contributed by atoms with Gasteiger partial charge < -0.3 is 15.1 Å². The van der Waals surface area contributed by atoms with Crippen LogP contribution in [0.1, 0.15) is 42.1 Å². The number of ketones is 2. The van der Waals surface area contributed by atoms with Crippen LogP contribution in [-0.2, 0) is 16.1 Å². The zero-order chi connectivity index (χ0) is 18.3. The Morgan fingerprint density at radius 1 is 1.08 bits per heavy atom. The predicted octanol–water partition coefficient (Wildman–Crippen LogP) is 1.38. The Morgan fingerprint density at radius 3 is 2.62 bits per heavy atom. The highest BCUT2D eigenvalue weighted by Gasteiger charge is 2.39. The van der Waals surface area contributed by atoms with Crippen LogP contribution in [0, 0.1) is 5.92 Å². The van der Waals surface area contributed by atoms with Gasteiger partial charge in [0.1, 0.15) is 5.78 Å². The van der Waals surface area contributed by atoms with Crippen LogP contribution in [0.15, 0.2) is 18.2 Å². The molecule has 0 bridgehead atoms. The summed E-state index contributed by atoms with van der Waals surface area (Å²) < 4.78 is 0. The molecular weight excluding hydrogens is 330 g/mol. The van der Waals surface area contributed by atoms with Gasteiger partial charge in [-0.2, -0.15) is 0 Å². The number of hydrogen-bond acceptors (Lipinski definition) is 5. The van der Waals surface area contributed by atoms with Gasteiger partial charge in [-0.1, -0.05) is 6.92 Å². The molecule has 1 N–H and O–H groups in total. The molecule has 2 fully saturated rings. The van der Waals surface area contributed by atoms with Crippen LogP contribution >= 0.6 is 0 Å². The van der Waals surface area contributed by atoms with Gasteiger partial charge in [0.25, 0.3) is 5.91 Å². The fraction of sp³-hybridized carbons (Fsp3) is 0.550. The fourth-order valence-electron chi connectivity index (χ4n) is 4.27. The number of carbonyl (C=O) groups is 3. The van der Waals surface area contributed by atoms with Gasteiger partial charge in [0.2, 0.25) is 0 Å². The Labute approximate surface area is 153 Å². The van der Waals surface area contributed by atoms with Gasteiger partial charge in [0.15, 0.2) is 5.78 Å². The largest absolute Gasteiger partial charge is 0.369 e. The summed E-state index contributed by atoms with van der Waals surface area (Å²) in [5.41, 5.74) is 2.82. The second kappa shape index (κ2) is 6.83. The molecule has 3 aliphatic rings. The molecular formula is C20H25N3O3. The number of nitrogens with one attached hydrogen (secondary N) is 1. The molecule has 26 heavy (non-hydrogen) atoms. The lowest BCUT2D eigenvalue weighted by molar-refractivity contribution is -0.126. The average molecular weight is 355 g/mol. The Kier molecular flexibility index (Phi) is 4.53. The van der Waals surface area contributed by atoms with Crippen molar-refractivity contribution in [2.75, 3.05) is 31.1 Å². The van der Waals surface area contributed by atoms with Crippen LogP contribution in [-0.4, -0.2) is 54.6 Å². The summed E-state index contributed by atoms with van der Waals surface area (Å²) in [6, 6.07) is 5.52. The molecule has 1 aromatic carbocycles. The second-order valence-electron chi connectivity index (χ2n) is 7.60. The maximum Gasteiger partial charge on any atom is 0.255 e. The number of Topliss-reactive ketones (excluding diaryl/α,β-unsaturated/α-hetero) is 2. The first-order chi connectivity index (χ1) is 12.5. The number of carbonyl (C=O) groups excluding carboxylic acids is 3. The van der Waals surface area contributed by atoms with E-state index in [0.29, 0.717) is 24.9 Å². The number of hydrogen-bond donors (Lipinski definition) is 1. The van der Waals surface area contributed by atoms with Crippen molar-refractivity contribution < 1.29 is 14.4 Å². The first-order valence-electron chi connectivity index (χ1n) is 9.49. The molecule has 4 rings (SSSR count). The van der Waals surface area contributed by atoms with E-state index < -0.39 is 6.04 Å². The first kappa shape index (κ1) is 17.2. The Balaban J connectivity index is 1.55. The number of benzene rings is 1. The van der Waals surface area contributed by atoms with Crippen LogP contribution in [0.5, 0.6) is 0 Å². The topological polar surface area (TPSA) is 69.7 Å². The van der Waals surface area contributed by atoms with E-state index >= 15 is 0 Å². The molecule has 6 heteroatoms. The highest BCUT2D eigenvalue weighted by atomic mass is 16.2. The van der Waals surface area contributed by atoms with Gasteiger partial charge in [-0.3, -0.25) is 14.4 Å². The molecule has 2 heterocycles. The van der Waals surface area contributed by atoms with E-state index in [9.17, 15) is 14.4 Å². The predicted molar refractivity (Wildman–Crippen MR) is 98.2 cm³/mol. The number of fused-ring (bicyclic) bond motifs is 1. The lowest BCUT2D eigenvalue weighted by Crippen LogP contribution is -2.43. The summed E-state index contributed by atoms with van der Waals surface area (Å²) in [4.78, 5) is 41.5. The SMILES string of the molecule is CC1CC(=O)C(N2Cc3cc(N4CCNCC4)ccc3C2=O)CCC1=O. The number of amides is 1. The molecule has 138 valence electrons. The minimum absolute atomic E-state index is 0.0202. The van der Waals surface area contributed by atoms with Crippen molar-refractivity contribution in [3.05, 3.63) is 29.3 Å². The summed E-state index contributed by atoms with van der Waals surface area (Å²) in [6.07, 6.45) is 1.08. The van der Waals surface area contributed by atoms with Crippen molar-refractivity contribution in [1.82, 2.24) is 10.2 Å². The summed E-state index contributed by atoms with van der Waals surface area (Å²) in [7, 11) is 0. The van der Waals surface area contributed by atoms with Gasteiger partial charge in [-0.05, 0) is 30.2 Å². The number of nitrogens with zero attached hydrogens (tertiary/aromatic N) is 2. The van der Waals surface area contributed by atoms with Crippen LogP contribution in [0.25, 0.3) is 0 Å². The maximum atomic E-state index is 12.9. The third-order valence-electron chi connectivity index (χ3n) is 5.87. The molecule has 0 radical (unpaired) electrons. The van der Waals surface area contributed by atoms with Crippen molar-refractivity contribution in [1.29, 1.82) is 0 Å². The summed E-state index contributed by atoms with van der Waals surface area (Å²) in [6.45, 7) is 6.11. The number of piperazine rings is 1. The van der Waals surface area contributed by atoms with Crippen LogP contribution in [0.2, 0.25) is 0 Å². The zero-order valence-electron chi connectivity index (χ0n) is 15.2. The molecule has 1 aliphatic carbocycles. The van der Waals surface area contributed by atoms with Gasteiger partial charge in [0, 0.05) is 62.7 Å². The highest BCUT2D eigenvalue weighted by molar-refractivity contribution is 6.02. The van der Waals surface area contributed by atoms with E-state index in [0.717, 1.165) is 37.4 Å². The standard InChI is InChI=1S/C20H25N3O3/c1-13-10-19(25)17(4-5-18(13)24)23-12-14-11-15(2-3-16(14)20(23)26)22-8-6-21-7-9-22/h2-3,11,13,17,21H,4-10,12H2,1H3. The summed E-state index contributed by atoms with van der Waals surface area (Å²) in [5.74, 6) is -0.156. The summed E-state index contributed by atoms with van der Waals surface area (Å²) >= 11 is 0. The lowest BCUT2D eigenvalue weighted by atomic mass is 10.0. The fourth-order valence-corrected chi connectivity index (χ4v) is 4.27. The maximum absolute atomic E-state index is 12.9. The van der Waals surface area contributed by atoms with Gasteiger partial charge in [0.05, 0.1) is 6.04 Å². The smallest absolute Gasteiger partial charge is 0.255 e. The number of anilines is 1. The minimum Gasteiger partial charge on any atom is -0.369 e. The molecule has 1 saturated heterocycles. The molecule has 2 atom stereocenters. The van der Waals surface area contributed by atoms with Crippen LogP contribution < -0.4 is 10.2 Å². The van der Waals surface area contributed by atoms with Gasteiger partial charge >= 0.3 is 0 Å². The number of rotatable bonds is 2. The quantitative estimate of drug-likeness (QED) is 0.812. The van der Waals surface area contributed by atoms with E-state index in [-0.39, 0.29) is 29.8 Å². The van der Waals surface area contributed by atoms with E-state index in [1.54, 1.807) is 4.90 Å². The molecule has 1 saturated carbocycles. The Hall–Kier alpha value is -2.21. The molecule has 0 spiro atoms. The minimum atomic E-state index is -0.466. The van der Waals surface area contributed by atoms with Crippen LogP contribution in [0.4, 0.5) is 5.69 Å². The Bertz CT molecular complexity index is 755. The normalized spacial score (nSPS) is 26.9. The average Bonchev–Trinajstić information content (AvgIpc) is 2.91. The first-order valence-corrected chi connectivity index (χ1v) is 9.49. The van der Waals surface area contributed by atoms with E-state index in [1.807, 2.05) is 19.1 Å². The molecule has 6 nitrogen and oxygen atoms in total. The molecule has 2 aliphatic heterocycles. The monoisotopic (exact) mass is 355 g/mol. The van der Waals surface area contributed by atoms with E-state index in [2.05, 4.69) is 16.3 Å². The molecule has 2 unspecified atom stereocenters. The van der Waals surface area contributed by atoms with Gasteiger partial charge in [-0.15, -0.1) is 0 Å².